The molecule has 1 unspecified atom stereocenters. The number of nitrogens with one attached hydrogen (secondary N) is 1. The Labute approximate surface area is 99.3 Å². The first-order valence-electron chi connectivity index (χ1n) is 5.43. The molecule has 1 aliphatic rings. The Morgan fingerprint density at radius 2 is 2.41 bits per heavy atom. The van der Waals surface area contributed by atoms with Gasteiger partial charge in [0.2, 0.25) is 0 Å². The number of benzene rings is 1. The van der Waals surface area contributed by atoms with Crippen molar-refractivity contribution in [2.75, 3.05) is 18.0 Å². The van der Waals surface area contributed by atoms with E-state index < -0.39 is 6.09 Å². The Bertz CT molecular complexity index is 467. The molecule has 2 rings (SSSR count). The number of carbonyl (C=O) groups is 1. The van der Waals surface area contributed by atoms with Crippen molar-refractivity contribution >= 4 is 11.8 Å². The molecule has 2 N–H and O–H groups in total. The van der Waals surface area contributed by atoms with Crippen molar-refractivity contribution in [3.63, 3.8) is 0 Å². The molecule has 1 atom stereocenters. The number of hydrogen-bond acceptors (Lipinski definition) is 3. The molecule has 1 heterocycles. The highest BCUT2D eigenvalue weighted by Crippen LogP contribution is 2.21. The summed E-state index contributed by atoms with van der Waals surface area (Å²) in [5.41, 5.74) is 1.59. The predicted octanol–water partition coefficient (Wildman–Crippen LogP) is 1.40. The lowest BCUT2D eigenvalue weighted by atomic mass is 10.2. The summed E-state index contributed by atoms with van der Waals surface area (Å²) in [6.45, 7) is 1.46. The van der Waals surface area contributed by atoms with Gasteiger partial charge in [0.05, 0.1) is 17.7 Å². The standard InChI is InChI=1S/C12H13N3O2/c13-7-9-2-1-3-11(6-9)15-5-4-10(8-15)14-12(16)17/h1-3,6,10,14H,4-5,8H2,(H,16,17). The van der Waals surface area contributed by atoms with E-state index in [0.717, 1.165) is 18.7 Å². The van der Waals surface area contributed by atoms with Crippen LogP contribution in [0.1, 0.15) is 12.0 Å². The molecule has 0 aromatic heterocycles. The van der Waals surface area contributed by atoms with Crippen LogP contribution in [0.4, 0.5) is 10.5 Å². The maximum Gasteiger partial charge on any atom is 0.404 e. The van der Waals surface area contributed by atoms with E-state index in [9.17, 15) is 4.79 Å². The van der Waals surface area contributed by atoms with Crippen molar-refractivity contribution in [3.8, 4) is 6.07 Å². The van der Waals surface area contributed by atoms with Crippen LogP contribution in [0.25, 0.3) is 0 Å². The number of carboxylic acid groups (broad SMARTS) is 1. The number of rotatable bonds is 2. The quantitative estimate of drug-likeness (QED) is 0.806. The molecular formula is C12H13N3O2. The van der Waals surface area contributed by atoms with Crippen LogP contribution in [-0.4, -0.2) is 30.3 Å². The largest absolute Gasteiger partial charge is 0.465 e. The molecular weight excluding hydrogens is 218 g/mol. The van der Waals surface area contributed by atoms with Gasteiger partial charge in [-0.15, -0.1) is 0 Å². The van der Waals surface area contributed by atoms with Crippen molar-refractivity contribution in [1.29, 1.82) is 5.26 Å². The number of hydrogen-bond donors (Lipinski definition) is 2. The molecule has 5 heteroatoms. The van der Waals surface area contributed by atoms with E-state index in [0.29, 0.717) is 12.1 Å². The summed E-state index contributed by atoms with van der Waals surface area (Å²) >= 11 is 0. The molecule has 17 heavy (non-hydrogen) atoms. The smallest absolute Gasteiger partial charge is 0.404 e. The number of amides is 1. The van der Waals surface area contributed by atoms with Gasteiger partial charge in [-0.05, 0) is 24.6 Å². The summed E-state index contributed by atoms with van der Waals surface area (Å²) < 4.78 is 0. The third kappa shape index (κ3) is 2.67. The zero-order valence-electron chi connectivity index (χ0n) is 9.26. The third-order valence-corrected chi connectivity index (χ3v) is 2.86. The fourth-order valence-electron chi connectivity index (χ4n) is 2.06. The SMILES string of the molecule is N#Cc1cccc(N2CCC(NC(=O)O)C2)c1. The van der Waals surface area contributed by atoms with Gasteiger partial charge in [0.1, 0.15) is 0 Å². The lowest BCUT2D eigenvalue weighted by molar-refractivity contribution is 0.191. The zero-order valence-corrected chi connectivity index (χ0v) is 9.26. The molecule has 1 aromatic rings. The molecule has 0 aliphatic carbocycles. The van der Waals surface area contributed by atoms with E-state index in [4.69, 9.17) is 10.4 Å². The van der Waals surface area contributed by atoms with E-state index in [-0.39, 0.29) is 6.04 Å². The normalized spacial score (nSPS) is 18.8. The molecule has 0 saturated carbocycles. The number of anilines is 1. The van der Waals surface area contributed by atoms with Gasteiger partial charge >= 0.3 is 6.09 Å². The summed E-state index contributed by atoms with van der Waals surface area (Å²) in [4.78, 5) is 12.6. The topological polar surface area (TPSA) is 76.4 Å². The molecule has 88 valence electrons. The predicted molar refractivity (Wildman–Crippen MR) is 62.9 cm³/mol. The second-order valence-corrected chi connectivity index (χ2v) is 4.04. The number of nitriles is 1. The minimum absolute atomic E-state index is 0.0294. The van der Waals surface area contributed by atoms with Crippen molar-refractivity contribution < 1.29 is 9.90 Å². The monoisotopic (exact) mass is 231 g/mol. The van der Waals surface area contributed by atoms with Crippen LogP contribution in [0, 0.1) is 11.3 Å². The molecule has 0 bridgehead atoms. The lowest BCUT2D eigenvalue weighted by Gasteiger charge is -2.18. The molecule has 1 fully saturated rings. The summed E-state index contributed by atoms with van der Waals surface area (Å²) in [5, 5.41) is 19.9. The summed E-state index contributed by atoms with van der Waals surface area (Å²) in [6, 6.07) is 9.42. The third-order valence-electron chi connectivity index (χ3n) is 2.86. The summed E-state index contributed by atoms with van der Waals surface area (Å²) in [5.74, 6) is 0. The first-order valence-corrected chi connectivity index (χ1v) is 5.43. The molecule has 1 aliphatic heterocycles. The van der Waals surface area contributed by atoms with Crippen LogP contribution < -0.4 is 10.2 Å². The second-order valence-electron chi connectivity index (χ2n) is 4.04. The minimum Gasteiger partial charge on any atom is -0.465 e. The minimum atomic E-state index is -0.984. The number of nitrogens with zero attached hydrogens (tertiary/aromatic N) is 2. The van der Waals surface area contributed by atoms with Gasteiger partial charge in [0, 0.05) is 18.8 Å². The molecule has 1 saturated heterocycles. The zero-order chi connectivity index (χ0) is 12.3. The average molecular weight is 231 g/mol. The van der Waals surface area contributed by atoms with Crippen LogP contribution in [0.2, 0.25) is 0 Å². The van der Waals surface area contributed by atoms with E-state index in [2.05, 4.69) is 16.3 Å². The molecule has 0 radical (unpaired) electrons. The molecule has 5 nitrogen and oxygen atoms in total. The van der Waals surface area contributed by atoms with Crippen molar-refractivity contribution in [2.45, 2.75) is 12.5 Å². The Hall–Kier alpha value is -2.22. The van der Waals surface area contributed by atoms with Crippen molar-refractivity contribution in [3.05, 3.63) is 29.8 Å². The molecule has 1 amide bonds. The maximum absolute atomic E-state index is 10.5. The average Bonchev–Trinajstić information content (AvgIpc) is 2.77. The van der Waals surface area contributed by atoms with Gasteiger partial charge < -0.3 is 15.3 Å². The van der Waals surface area contributed by atoms with Gasteiger partial charge in [-0.25, -0.2) is 4.79 Å². The van der Waals surface area contributed by atoms with Crippen LogP contribution in [0.5, 0.6) is 0 Å². The van der Waals surface area contributed by atoms with E-state index in [1.807, 2.05) is 18.2 Å². The fraction of sp³-hybridized carbons (Fsp3) is 0.333. The Morgan fingerprint density at radius 1 is 1.59 bits per heavy atom. The second kappa shape index (κ2) is 4.74. The van der Waals surface area contributed by atoms with E-state index in [1.165, 1.54) is 0 Å². The van der Waals surface area contributed by atoms with Gasteiger partial charge in [-0.2, -0.15) is 5.26 Å². The first-order chi connectivity index (χ1) is 8.19. The van der Waals surface area contributed by atoms with Crippen LogP contribution in [0.3, 0.4) is 0 Å². The Balaban J connectivity index is 2.05. The Morgan fingerprint density at radius 3 is 3.12 bits per heavy atom. The van der Waals surface area contributed by atoms with Crippen LogP contribution in [0.15, 0.2) is 24.3 Å². The van der Waals surface area contributed by atoms with Gasteiger partial charge in [0.15, 0.2) is 0 Å². The van der Waals surface area contributed by atoms with Crippen molar-refractivity contribution in [2.24, 2.45) is 0 Å². The highest BCUT2D eigenvalue weighted by Gasteiger charge is 2.23. The molecule has 0 spiro atoms. The van der Waals surface area contributed by atoms with Crippen molar-refractivity contribution in [1.82, 2.24) is 5.32 Å². The van der Waals surface area contributed by atoms with Crippen LogP contribution >= 0.6 is 0 Å². The van der Waals surface area contributed by atoms with E-state index >= 15 is 0 Å². The van der Waals surface area contributed by atoms with Crippen LogP contribution in [-0.2, 0) is 0 Å². The van der Waals surface area contributed by atoms with Gasteiger partial charge in [0.25, 0.3) is 0 Å². The highest BCUT2D eigenvalue weighted by molar-refractivity contribution is 5.65. The lowest BCUT2D eigenvalue weighted by Crippen LogP contribution is -2.36. The Kier molecular flexibility index (Phi) is 3.15. The fourth-order valence-corrected chi connectivity index (χ4v) is 2.06. The van der Waals surface area contributed by atoms with E-state index in [1.54, 1.807) is 6.07 Å². The first kappa shape index (κ1) is 11.3. The summed E-state index contributed by atoms with van der Waals surface area (Å²) in [7, 11) is 0. The van der Waals surface area contributed by atoms with Gasteiger partial charge in [-0.3, -0.25) is 0 Å². The molecule has 1 aromatic carbocycles. The highest BCUT2D eigenvalue weighted by atomic mass is 16.4. The summed E-state index contributed by atoms with van der Waals surface area (Å²) in [6.07, 6.45) is -0.189. The van der Waals surface area contributed by atoms with Gasteiger partial charge in [-0.1, -0.05) is 6.07 Å². The maximum atomic E-state index is 10.5.